The summed E-state index contributed by atoms with van der Waals surface area (Å²) in [6.07, 6.45) is 3.13. The van der Waals surface area contributed by atoms with Crippen molar-refractivity contribution in [3.05, 3.63) is 10.9 Å². The van der Waals surface area contributed by atoms with E-state index in [2.05, 4.69) is 26.1 Å². The molecule has 1 saturated carbocycles. The molecule has 1 heterocycles. The van der Waals surface area contributed by atoms with E-state index in [1.165, 1.54) is 11.3 Å². The van der Waals surface area contributed by atoms with E-state index in [0.29, 0.717) is 17.6 Å². The van der Waals surface area contributed by atoms with Crippen LogP contribution in [-0.2, 0) is 0 Å². The molecule has 100 valence electrons. The number of carbonyl (C=O) groups is 1. The molecule has 0 radical (unpaired) electrons. The van der Waals surface area contributed by atoms with Crippen molar-refractivity contribution in [1.29, 1.82) is 0 Å². The molecular weight excluding hydrogens is 244 g/mol. The van der Waals surface area contributed by atoms with Crippen molar-refractivity contribution in [1.82, 2.24) is 0 Å². The molecule has 1 atom stereocenters. The highest BCUT2D eigenvalue weighted by Gasteiger charge is 2.32. The van der Waals surface area contributed by atoms with Gasteiger partial charge in [-0.1, -0.05) is 20.8 Å². The quantitative estimate of drug-likeness (QED) is 0.771. The molecule has 1 aliphatic rings. The van der Waals surface area contributed by atoms with Gasteiger partial charge in [-0.25, -0.2) is 0 Å². The van der Waals surface area contributed by atoms with E-state index >= 15 is 0 Å². The Morgan fingerprint density at radius 3 is 2.72 bits per heavy atom. The van der Waals surface area contributed by atoms with Gasteiger partial charge in [-0.2, -0.15) is 0 Å². The Labute approximate surface area is 113 Å². The van der Waals surface area contributed by atoms with Crippen LogP contribution in [0.25, 0.3) is 0 Å². The Kier molecular flexibility index (Phi) is 3.95. The zero-order valence-corrected chi connectivity index (χ0v) is 12.1. The van der Waals surface area contributed by atoms with Crippen molar-refractivity contribution in [3.63, 3.8) is 0 Å². The maximum Gasteiger partial charge on any atom is 0.178 e. The highest BCUT2D eigenvalue weighted by Crippen LogP contribution is 2.39. The summed E-state index contributed by atoms with van der Waals surface area (Å²) < 4.78 is 0. The topological polar surface area (TPSA) is 55.1 Å². The fourth-order valence-electron chi connectivity index (χ4n) is 2.12. The maximum absolute atomic E-state index is 12.0. The molecule has 0 spiro atoms. The van der Waals surface area contributed by atoms with Crippen LogP contribution in [0, 0.1) is 11.8 Å². The van der Waals surface area contributed by atoms with Crippen LogP contribution in [0.4, 0.5) is 10.7 Å². The zero-order valence-electron chi connectivity index (χ0n) is 11.3. The average molecular weight is 266 g/mol. The highest BCUT2D eigenvalue weighted by atomic mass is 32.1. The van der Waals surface area contributed by atoms with Gasteiger partial charge in [-0.05, 0) is 31.2 Å². The van der Waals surface area contributed by atoms with Gasteiger partial charge in [0.15, 0.2) is 5.78 Å². The first-order chi connectivity index (χ1) is 8.52. The minimum Gasteiger partial charge on any atom is -0.397 e. The lowest BCUT2D eigenvalue weighted by atomic mass is 10.0. The fourth-order valence-corrected chi connectivity index (χ4v) is 3.18. The van der Waals surface area contributed by atoms with Crippen molar-refractivity contribution in [2.24, 2.45) is 11.8 Å². The lowest BCUT2D eigenvalue weighted by Gasteiger charge is -2.20. The number of nitrogens with two attached hydrogens (primary N) is 1. The molecule has 18 heavy (non-hydrogen) atoms. The molecule has 0 saturated heterocycles. The standard InChI is InChI=1S/C14H22N2OS/c1-4-11(8(2)3)16-12-7-10(15)14(18-12)13(17)9-5-6-9/h7-9,11,16H,4-6,15H2,1-3H3. The second-order valence-corrected chi connectivity index (χ2v) is 6.49. The van der Waals surface area contributed by atoms with E-state index < -0.39 is 0 Å². The SMILES string of the molecule is CCC(Nc1cc(N)c(C(=O)C2CC2)s1)C(C)C. The summed E-state index contributed by atoms with van der Waals surface area (Å²) in [5.41, 5.74) is 6.59. The van der Waals surface area contributed by atoms with Gasteiger partial charge in [0.25, 0.3) is 0 Å². The molecule has 2 rings (SSSR count). The number of rotatable bonds is 6. The van der Waals surface area contributed by atoms with Crippen LogP contribution in [0.15, 0.2) is 6.07 Å². The Morgan fingerprint density at radius 1 is 1.56 bits per heavy atom. The summed E-state index contributed by atoms with van der Waals surface area (Å²) in [5.74, 6) is 1.05. The van der Waals surface area contributed by atoms with Gasteiger partial charge >= 0.3 is 0 Å². The molecular formula is C14H22N2OS. The third-order valence-corrected chi connectivity index (χ3v) is 4.60. The lowest BCUT2D eigenvalue weighted by Crippen LogP contribution is -2.23. The summed E-state index contributed by atoms with van der Waals surface area (Å²) in [6, 6.07) is 2.35. The summed E-state index contributed by atoms with van der Waals surface area (Å²) >= 11 is 1.51. The first-order valence-corrected chi connectivity index (χ1v) is 7.54. The first kappa shape index (κ1) is 13.4. The molecule has 1 fully saturated rings. The van der Waals surface area contributed by atoms with Crippen molar-refractivity contribution in [2.75, 3.05) is 11.1 Å². The third-order valence-electron chi connectivity index (χ3n) is 3.50. The van der Waals surface area contributed by atoms with Crippen molar-refractivity contribution >= 4 is 27.8 Å². The van der Waals surface area contributed by atoms with Crippen LogP contribution >= 0.6 is 11.3 Å². The molecule has 3 nitrogen and oxygen atoms in total. The molecule has 0 aliphatic heterocycles. The molecule has 4 heteroatoms. The Morgan fingerprint density at radius 2 is 2.22 bits per heavy atom. The van der Waals surface area contributed by atoms with Gasteiger partial charge in [0.2, 0.25) is 0 Å². The van der Waals surface area contributed by atoms with E-state index in [0.717, 1.165) is 29.1 Å². The monoisotopic (exact) mass is 266 g/mol. The van der Waals surface area contributed by atoms with Crippen molar-refractivity contribution in [3.8, 4) is 0 Å². The van der Waals surface area contributed by atoms with Crippen LogP contribution in [-0.4, -0.2) is 11.8 Å². The largest absolute Gasteiger partial charge is 0.397 e. The molecule has 3 N–H and O–H groups in total. The van der Waals surface area contributed by atoms with Crippen molar-refractivity contribution in [2.45, 2.75) is 46.1 Å². The minimum atomic E-state index is 0.239. The Balaban J connectivity index is 2.10. The molecule has 1 unspecified atom stereocenters. The van der Waals surface area contributed by atoms with Gasteiger partial charge in [-0.15, -0.1) is 11.3 Å². The maximum atomic E-state index is 12.0. The first-order valence-electron chi connectivity index (χ1n) is 6.73. The van der Waals surface area contributed by atoms with Gasteiger partial charge in [0.1, 0.15) is 0 Å². The Hall–Kier alpha value is -1.03. The predicted molar refractivity (Wildman–Crippen MR) is 78.3 cm³/mol. The number of nitrogens with one attached hydrogen (secondary N) is 1. The van der Waals surface area contributed by atoms with Crippen LogP contribution in [0.5, 0.6) is 0 Å². The molecule has 1 aromatic heterocycles. The second-order valence-electron chi connectivity index (χ2n) is 5.44. The van der Waals surface area contributed by atoms with Crippen LogP contribution in [0.2, 0.25) is 0 Å². The normalized spacial score (nSPS) is 16.9. The average Bonchev–Trinajstić information content (AvgIpc) is 3.09. The number of thiophene rings is 1. The number of anilines is 2. The number of nitrogen functional groups attached to an aromatic ring is 1. The highest BCUT2D eigenvalue weighted by molar-refractivity contribution is 7.18. The molecule has 0 bridgehead atoms. The fraction of sp³-hybridized carbons (Fsp3) is 0.643. The summed E-state index contributed by atoms with van der Waals surface area (Å²) in [5, 5.41) is 4.51. The van der Waals surface area contributed by atoms with E-state index in [1.807, 2.05) is 6.07 Å². The molecule has 1 aromatic rings. The number of Topliss-reactive ketones (excluding diaryl/α,β-unsaturated/α-hetero) is 1. The number of hydrogen-bond donors (Lipinski definition) is 2. The predicted octanol–water partition coefficient (Wildman–Crippen LogP) is 3.77. The van der Waals surface area contributed by atoms with Crippen molar-refractivity contribution < 1.29 is 4.79 Å². The summed E-state index contributed by atoms with van der Waals surface area (Å²) in [4.78, 5) is 12.8. The van der Waals surface area contributed by atoms with E-state index in [4.69, 9.17) is 5.73 Å². The van der Waals surface area contributed by atoms with Crippen LogP contribution < -0.4 is 11.1 Å². The van der Waals surface area contributed by atoms with Gasteiger partial charge in [-0.3, -0.25) is 4.79 Å². The lowest BCUT2D eigenvalue weighted by molar-refractivity contribution is 0.0972. The second kappa shape index (κ2) is 5.31. The molecule has 1 aliphatic carbocycles. The van der Waals surface area contributed by atoms with Gasteiger partial charge < -0.3 is 11.1 Å². The van der Waals surface area contributed by atoms with E-state index in [9.17, 15) is 4.79 Å². The van der Waals surface area contributed by atoms with E-state index in [1.54, 1.807) is 0 Å². The van der Waals surface area contributed by atoms with Gasteiger partial charge in [0, 0.05) is 12.0 Å². The van der Waals surface area contributed by atoms with E-state index in [-0.39, 0.29) is 11.7 Å². The number of carbonyl (C=O) groups excluding carboxylic acids is 1. The minimum absolute atomic E-state index is 0.239. The van der Waals surface area contributed by atoms with Crippen LogP contribution in [0.1, 0.15) is 49.7 Å². The van der Waals surface area contributed by atoms with Crippen LogP contribution in [0.3, 0.4) is 0 Å². The summed E-state index contributed by atoms with van der Waals surface area (Å²) in [6.45, 7) is 6.58. The smallest absolute Gasteiger partial charge is 0.178 e. The number of hydrogen-bond acceptors (Lipinski definition) is 4. The van der Waals surface area contributed by atoms with Gasteiger partial charge in [0.05, 0.1) is 15.6 Å². The zero-order chi connectivity index (χ0) is 13.3. The Bertz CT molecular complexity index is 435. The molecule has 0 amide bonds. The third kappa shape index (κ3) is 2.86. The summed E-state index contributed by atoms with van der Waals surface area (Å²) in [7, 11) is 0. The molecule has 0 aromatic carbocycles. The number of ketones is 1.